The second kappa shape index (κ2) is 7.39. The standard InChI is InChI=1S/C18H9F9N2OS/c19-15(20,16(21,22)17(23,24)18(25,26)27)13(30)29-14-28-12(8-31-14)11-7-3-5-9-4-1-2-6-10(9)11/h1-8H,(H,28,29,30). The molecule has 0 saturated heterocycles. The third-order valence-electron chi connectivity index (χ3n) is 4.22. The van der Waals surface area contributed by atoms with Gasteiger partial charge in [0.25, 0.3) is 0 Å². The van der Waals surface area contributed by atoms with Crippen molar-refractivity contribution in [1.82, 2.24) is 4.98 Å². The van der Waals surface area contributed by atoms with Gasteiger partial charge < -0.3 is 0 Å². The fraction of sp³-hybridized carbons (Fsp3) is 0.222. The van der Waals surface area contributed by atoms with Crippen molar-refractivity contribution in [3.63, 3.8) is 0 Å². The zero-order chi connectivity index (χ0) is 23.2. The topological polar surface area (TPSA) is 42.0 Å². The van der Waals surface area contributed by atoms with Crippen molar-refractivity contribution >= 4 is 33.1 Å². The van der Waals surface area contributed by atoms with Crippen LogP contribution in [-0.4, -0.2) is 34.8 Å². The largest absolute Gasteiger partial charge is 0.460 e. The number of benzene rings is 2. The van der Waals surface area contributed by atoms with E-state index in [-0.39, 0.29) is 5.69 Å². The summed E-state index contributed by atoms with van der Waals surface area (Å²) in [4.78, 5) is 15.3. The molecule has 0 spiro atoms. The number of thiazole rings is 1. The molecule has 1 heterocycles. The average Bonchev–Trinajstić information content (AvgIpc) is 3.14. The number of amides is 1. The van der Waals surface area contributed by atoms with Gasteiger partial charge in [-0.25, -0.2) is 4.98 Å². The van der Waals surface area contributed by atoms with Crippen LogP contribution in [0.15, 0.2) is 47.8 Å². The normalized spacial score (nSPS) is 13.5. The molecule has 1 amide bonds. The number of alkyl halides is 9. The Bertz CT molecular complexity index is 1120. The van der Waals surface area contributed by atoms with Crippen LogP contribution >= 0.6 is 11.3 Å². The number of hydrogen-bond acceptors (Lipinski definition) is 3. The molecule has 3 rings (SSSR count). The Balaban J connectivity index is 1.88. The van der Waals surface area contributed by atoms with E-state index in [0.717, 1.165) is 5.39 Å². The number of fused-ring (bicyclic) bond motifs is 1. The molecule has 0 aliphatic carbocycles. The molecule has 3 nitrogen and oxygen atoms in total. The quantitative estimate of drug-likeness (QED) is 0.439. The molecule has 0 aliphatic rings. The van der Waals surface area contributed by atoms with Gasteiger partial charge in [-0.1, -0.05) is 42.5 Å². The van der Waals surface area contributed by atoms with Crippen LogP contribution in [0.4, 0.5) is 44.6 Å². The average molecular weight is 472 g/mol. The van der Waals surface area contributed by atoms with Crippen LogP contribution in [0.2, 0.25) is 0 Å². The molecule has 13 heteroatoms. The molecule has 0 radical (unpaired) electrons. The van der Waals surface area contributed by atoms with E-state index in [4.69, 9.17) is 0 Å². The van der Waals surface area contributed by atoms with E-state index in [1.54, 1.807) is 42.5 Å². The molecule has 0 fully saturated rings. The fourth-order valence-electron chi connectivity index (χ4n) is 2.60. The highest BCUT2D eigenvalue weighted by Gasteiger charge is 2.83. The lowest BCUT2D eigenvalue weighted by atomic mass is 10.0. The maximum atomic E-state index is 13.7. The summed E-state index contributed by atoms with van der Waals surface area (Å²) in [6.07, 6.45) is -7.01. The van der Waals surface area contributed by atoms with Crippen molar-refractivity contribution in [3.05, 3.63) is 47.8 Å². The van der Waals surface area contributed by atoms with Crippen molar-refractivity contribution < 1.29 is 44.3 Å². The van der Waals surface area contributed by atoms with Crippen molar-refractivity contribution in [2.24, 2.45) is 0 Å². The van der Waals surface area contributed by atoms with E-state index in [0.29, 0.717) is 22.3 Å². The molecular weight excluding hydrogens is 463 g/mol. The molecule has 1 aromatic heterocycles. The highest BCUT2D eigenvalue weighted by Crippen LogP contribution is 2.53. The minimum atomic E-state index is -7.15. The highest BCUT2D eigenvalue weighted by atomic mass is 32.1. The predicted octanol–water partition coefficient (Wildman–Crippen LogP) is 6.37. The van der Waals surface area contributed by atoms with Crippen LogP contribution in [-0.2, 0) is 4.79 Å². The summed E-state index contributed by atoms with van der Waals surface area (Å²) in [7, 11) is 0. The second-order valence-electron chi connectivity index (χ2n) is 6.24. The van der Waals surface area contributed by atoms with E-state index in [2.05, 4.69) is 4.98 Å². The summed E-state index contributed by atoms with van der Waals surface area (Å²) in [5.74, 6) is -23.6. The molecular formula is C18H9F9N2OS. The first kappa shape index (κ1) is 22.8. The smallest absolute Gasteiger partial charge is 0.296 e. The van der Waals surface area contributed by atoms with Gasteiger partial charge in [-0.05, 0) is 10.8 Å². The molecule has 31 heavy (non-hydrogen) atoms. The van der Waals surface area contributed by atoms with Crippen LogP contribution < -0.4 is 5.32 Å². The van der Waals surface area contributed by atoms with Gasteiger partial charge in [0.05, 0.1) is 5.69 Å². The molecule has 1 N–H and O–H groups in total. The Kier molecular flexibility index (Phi) is 5.45. The molecule has 3 aromatic rings. The Labute approximate surface area is 171 Å². The minimum absolute atomic E-state index is 0.132. The third kappa shape index (κ3) is 3.70. The Morgan fingerprint density at radius 1 is 0.839 bits per heavy atom. The number of anilines is 1. The lowest BCUT2D eigenvalue weighted by molar-refractivity contribution is -0.388. The van der Waals surface area contributed by atoms with Crippen LogP contribution in [0.3, 0.4) is 0 Å². The summed E-state index contributed by atoms with van der Waals surface area (Å²) in [6, 6.07) is 11.9. The lowest BCUT2D eigenvalue weighted by Gasteiger charge is -2.32. The summed E-state index contributed by atoms with van der Waals surface area (Å²) in [5.41, 5.74) is 0.614. The van der Waals surface area contributed by atoms with Crippen LogP contribution in [0.5, 0.6) is 0 Å². The van der Waals surface area contributed by atoms with Gasteiger partial charge in [0.2, 0.25) is 0 Å². The molecule has 0 saturated carbocycles. The molecule has 0 unspecified atom stereocenters. The number of hydrogen-bond donors (Lipinski definition) is 1. The van der Waals surface area contributed by atoms with E-state index >= 15 is 0 Å². The molecule has 0 bridgehead atoms. The molecule has 0 aliphatic heterocycles. The third-order valence-corrected chi connectivity index (χ3v) is 4.98. The van der Waals surface area contributed by atoms with E-state index in [1.165, 1.54) is 10.7 Å². The predicted molar refractivity (Wildman–Crippen MR) is 94.6 cm³/mol. The SMILES string of the molecule is O=C(Nc1nc(-c2cccc3ccccc23)cs1)C(F)(F)C(F)(F)C(F)(F)C(F)(F)F. The van der Waals surface area contributed by atoms with Gasteiger partial charge in [-0.3, -0.25) is 10.1 Å². The second-order valence-corrected chi connectivity index (χ2v) is 7.10. The van der Waals surface area contributed by atoms with Gasteiger partial charge in [-0.2, -0.15) is 39.5 Å². The van der Waals surface area contributed by atoms with E-state index in [1.807, 2.05) is 0 Å². The number of nitrogens with one attached hydrogen (secondary N) is 1. The molecule has 166 valence electrons. The summed E-state index contributed by atoms with van der Waals surface area (Å²) in [5, 5.41) is 3.21. The fourth-order valence-corrected chi connectivity index (χ4v) is 3.30. The number of carbonyl (C=O) groups excluding carboxylic acids is 1. The van der Waals surface area contributed by atoms with Crippen LogP contribution in [0, 0.1) is 0 Å². The van der Waals surface area contributed by atoms with E-state index in [9.17, 15) is 44.3 Å². The van der Waals surface area contributed by atoms with E-state index < -0.39 is 35.0 Å². The number of rotatable bonds is 5. The zero-order valence-electron chi connectivity index (χ0n) is 14.8. The van der Waals surface area contributed by atoms with Gasteiger partial charge in [0, 0.05) is 10.9 Å². The lowest BCUT2D eigenvalue weighted by Crippen LogP contribution is -2.64. The summed E-state index contributed by atoms with van der Waals surface area (Å²) < 4.78 is 116. The van der Waals surface area contributed by atoms with Gasteiger partial charge in [-0.15, -0.1) is 11.3 Å². The first-order valence-corrected chi connectivity index (χ1v) is 9.03. The van der Waals surface area contributed by atoms with Gasteiger partial charge in [0.1, 0.15) is 0 Å². The number of nitrogens with zero attached hydrogens (tertiary/aromatic N) is 1. The highest BCUT2D eigenvalue weighted by molar-refractivity contribution is 7.14. The van der Waals surface area contributed by atoms with Crippen molar-refractivity contribution in [2.45, 2.75) is 23.9 Å². The van der Waals surface area contributed by atoms with Gasteiger partial charge >= 0.3 is 29.9 Å². The summed E-state index contributed by atoms with van der Waals surface area (Å²) in [6.45, 7) is 0. The molecule has 0 atom stereocenters. The van der Waals surface area contributed by atoms with Crippen LogP contribution in [0.25, 0.3) is 22.0 Å². The number of aromatic nitrogens is 1. The number of halogens is 9. The summed E-state index contributed by atoms with van der Waals surface area (Å²) >= 11 is 0.490. The Hall–Kier alpha value is -2.83. The maximum Gasteiger partial charge on any atom is 0.460 e. The first-order valence-electron chi connectivity index (χ1n) is 8.15. The van der Waals surface area contributed by atoms with Gasteiger partial charge in [0.15, 0.2) is 5.13 Å². The Morgan fingerprint density at radius 3 is 2.10 bits per heavy atom. The van der Waals surface area contributed by atoms with Crippen LogP contribution in [0.1, 0.15) is 0 Å². The molecule has 2 aromatic carbocycles. The first-order chi connectivity index (χ1) is 14.2. The zero-order valence-corrected chi connectivity index (χ0v) is 15.6. The number of carbonyl (C=O) groups is 1. The van der Waals surface area contributed by atoms with Crippen molar-refractivity contribution in [2.75, 3.05) is 5.32 Å². The van der Waals surface area contributed by atoms with Crippen molar-refractivity contribution in [1.29, 1.82) is 0 Å². The van der Waals surface area contributed by atoms with Crippen molar-refractivity contribution in [3.8, 4) is 11.3 Å². The maximum absolute atomic E-state index is 13.7. The minimum Gasteiger partial charge on any atom is -0.296 e. The Morgan fingerprint density at radius 2 is 1.45 bits per heavy atom. The monoisotopic (exact) mass is 472 g/mol.